The van der Waals surface area contributed by atoms with E-state index >= 15 is 0 Å². The first kappa shape index (κ1) is 15.8. The zero-order valence-corrected chi connectivity index (χ0v) is 14.7. The first-order valence-corrected chi connectivity index (χ1v) is 9.14. The fourth-order valence-corrected chi connectivity index (χ4v) is 3.45. The zero-order valence-electron chi connectivity index (χ0n) is 12.3. The molecule has 0 amide bonds. The minimum atomic E-state index is -3.68. The Morgan fingerprint density at radius 3 is 2.35 bits per heavy atom. The van der Waals surface area contributed by atoms with Gasteiger partial charge in [-0.1, -0.05) is 34.1 Å². The molecule has 0 atom stereocenters. The largest absolute Gasteiger partial charge is 0.263 e. The average molecular weight is 392 g/mol. The molecule has 1 aromatic heterocycles. The van der Waals surface area contributed by atoms with Crippen LogP contribution in [-0.4, -0.2) is 18.2 Å². The van der Waals surface area contributed by atoms with Crippen molar-refractivity contribution in [2.75, 3.05) is 4.72 Å². The van der Waals surface area contributed by atoms with Crippen molar-refractivity contribution in [3.8, 4) is 5.69 Å². The Morgan fingerprint density at radius 2 is 1.70 bits per heavy atom. The number of aryl methyl sites for hydroxylation is 1. The number of nitrogens with one attached hydrogen (secondary N) is 1. The summed E-state index contributed by atoms with van der Waals surface area (Å²) >= 11 is 3.30. The Balaban J connectivity index is 1.99. The molecule has 0 saturated heterocycles. The van der Waals surface area contributed by atoms with Crippen LogP contribution in [0.5, 0.6) is 0 Å². The van der Waals surface area contributed by atoms with E-state index in [1.165, 1.54) is 0 Å². The van der Waals surface area contributed by atoms with Gasteiger partial charge in [0.1, 0.15) is 5.82 Å². The number of aromatic nitrogens is 2. The molecule has 0 saturated carbocycles. The van der Waals surface area contributed by atoms with E-state index in [0.29, 0.717) is 5.82 Å². The van der Waals surface area contributed by atoms with E-state index in [1.807, 2.05) is 37.3 Å². The van der Waals surface area contributed by atoms with Crippen LogP contribution in [0.15, 0.2) is 70.0 Å². The lowest BCUT2D eigenvalue weighted by Gasteiger charge is -2.10. The Morgan fingerprint density at radius 1 is 1.04 bits per heavy atom. The van der Waals surface area contributed by atoms with E-state index in [4.69, 9.17) is 0 Å². The fourth-order valence-electron chi connectivity index (χ4n) is 2.15. The number of halogens is 1. The van der Waals surface area contributed by atoms with E-state index in [1.54, 1.807) is 35.0 Å². The van der Waals surface area contributed by atoms with Crippen LogP contribution in [-0.2, 0) is 10.0 Å². The summed E-state index contributed by atoms with van der Waals surface area (Å²) in [4.78, 5) is 0.194. The summed E-state index contributed by atoms with van der Waals surface area (Å²) in [7, 11) is -3.68. The van der Waals surface area contributed by atoms with Gasteiger partial charge in [0, 0.05) is 10.5 Å². The number of nitrogens with zero attached hydrogens (tertiary/aromatic N) is 2. The van der Waals surface area contributed by atoms with Gasteiger partial charge in [-0.05, 0) is 43.3 Å². The van der Waals surface area contributed by atoms with Crippen LogP contribution in [0.2, 0.25) is 0 Å². The van der Waals surface area contributed by atoms with E-state index in [0.717, 1.165) is 15.9 Å². The fraction of sp³-hybridized carbons (Fsp3) is 0.0625. The minimum Gasteiger partial charge on any atom is -0.263 e. The summed E-state index contributed by atoms with van der Waals surface area (Å²) in [6.07, 6.45) is 0. The number of anilines is 1. The number of para-hydroxylation sites is 1. The van der Waals surface area contributed by atoms with Crippen LogP contribution < -0.4 is 4.72 Å². The molecule has 1 heterocycles. The Labute approximate surface area is 143 Å². The molecule has 3 rings (SSSR count). The van der Waals surface area contributed by atoms with Crippen LogP contribution in [0.1, 0.15) is 5.69 Å². The first-order chi connectivity index (χ1) is 11.0. The van der Waals surface area contributed by atoms with Gasteiger partial charge in [0.05, 0.1) is 16.3 Å². The van der Waals surface area contributed by atoms with Crippen molar-refractivity contribution in [1.82, 2.24) is 9.78 Å². The van der Waals surface area contributed by atoms with Gasteiger partial charge in [-0.25, -0.2) is 13.1 Å². The molecule has 0 spiro atoms. The van der Waals surface area contributed by atoms with Gasteiger partial charge in [-0.15, -0.1) is 0 Å². The quantitative estimate of drug-likeness (QED) is 0.736. The van der Waals surface area contributed by atoms with Crippen molar-refractivity contribution >= 4 is 31.8 Å². The van der Waals surface area contributed by atoms with Crippen molar-refractivity contribution in [3.05, 3.63) is 70.8 Å². The molecule has 1 N–H and O–H groups in total. The highest BCUT2D eigenvalue weighted by atomic mass is 79.9. The van der Waals surface area contributed by atoms with Gasteiger partial charge in [-0.2, -0.15) is 5.10 Å². The molecular weight excluding hydrogens is 378 g/mol. The molecular formula is C16H14BrN3O2S. The smallest absolute Gasteiger partial charge is 0.263 e. The molecule has 0 bridgehead atoms. The summed E-state index contributed by atoms with van der Waals surface area (Å²) in [5.74, 6) is 0.400. The lowest BCUT2D eigenvalue weighted by molar-refractivity contribution is 0.600. The number of hydrogen-bond donors (Lipinski definition) is 1. The molecule has 0 radical (unpaired) electrons. The molecule has 0 unspecified atom stereocenters. The molecule has 0 aliphatic carbocycles. The van der Waals surface area contributed by atoms with Crippen LogP contribution >= 0.6 is 15.9 Å². The predicted octanol–water partition coefficient (Wildman–Crippen LogP) is 3.74. The summed E-state index contributed by atoms with van der Waals surface area (Å²) in [6.45, 7) is 1.82. The van der Waals surface area contributed by atoms with E-state index in [9.17, 15) is 8.42 Å². The van der Waals surface area contributed by atoms with Crippen LogP contribution in [0.25, 0.3) is 5.69 Å². The molecule has 0 aliphatic rings. The third kappa shape index (κ3) is 3.46. The van der Waals surface area contributed by atoms with Crippen molar-refractivity contribution < 1.29 is 8.42 Å². The van der Waals surface area contributed by atoms with Gasteiger partial charge in [-0.3, -0.25) is 4.72 Å². The van der Waals surface area contributed by atoms with Crippen LogP contribution in [0.3, 0.4) is 0 Å². The lowest BCUT2D eigenvalue weighted by Crippen LogP contribution is -2.15. The Kier molecular flexibility index (Phi) is 4.23. The Bertz CT molecular complexity index is 920. The summed E-state index contributed by atoms with van der Waals surface area (Å²) in [5.41, 5.74) is 1.51. The highest BCUT2D eigenvalue weighted by Crippen LogP contribution is 2.21. The number of benzene rings is 2. The molecule has 3 aromatic rings. The van der Waals surface area contributed by atoms with E-state index in [2.05, 4.69) is 25.8 Å². The minimum absolute atomic E-state index is 0.194. The molecule has 5 nitrogen and oxygen atoms in total. The van der Waals surface area contributed by atoms with Gasteiger partial charge < -0.3 is 0 Å². The second-order valence-electron chi connectivity index (χ2n) is 4.98. The predicted molar refractivity (Wildman–Crippen MR) is 93.3 cm³/mol. The van der Waals surface area contributed by atoms with Crippen molar-refractivity contribution in [2.45, 2.75) is 11.8 Å². The van der Waals surface area contributed by atoms with Crippen molar-refractivity contribution in [2.24, 2.45) is 0 Å². The maximum absolute atomic E-state index is 12.5. The van der Waals surface area contributed by atoms with Gasteiger partial charge >= 0.3 is 0 Å². The monoisotopic (exact) mass is 391 g/mol. The van der Waals surface area contributed by atoms with Crippen molar-refractivity contribution in [3.63, 3.8) is 0 Å². The maximum atomic E-state index is 12.5. The van der Waals surface area contributed by atoms with Gasteiger partial charge in [0.15, 0.2) is 0 Å². The summed E-state index contributed by atoms with van der Waals surface area (Å²) in [6, 6.07) is 17.5. The zero-order chi connectivity index (χ0) is 16.4. The normalized spacial score (nSPS) is 11.4. The third-order valence-corrected chi connectivity index (χ3v) is 5.09. The third-order valence-electron chi connectivity index (χ3n) is 3.20. The summed E-state index contributed by atoms with van der Waals surface area (Å²) in [5, 5.41) is 4.36. The van der Waals surface area contributed by atoms with Crippen LogP contribution in [0, 0.1) is 6.92 Å². The first-order valence-electron chi connectivity index (χ1n) is 6.86. The molecule has 0 fully saturated rings. The second kappa shape index (κ2) is 6.17. The second-order valence-corrected chi connectivity index (χ2v) is 7.58. The molecule has 7 heteroatoms. The Hall–Kier alpha value is -2.12. The number of rotatable bonds is 4. The van der Waals surface area contributed by atoms with Crippen molar-refractivity contribution in [1.29, 1.82) is 0 Å². The highest BCUT2D eigenvalue weighted by molar-refractivity contribution is 9.10. The standard InChI is InChI=1S/C16H14BrN3O2S/c1-12-11-16(20(18-12)14-5-3-2-4-6-14)19-23(21,22)15-9-7-13(17)8-10-15/h2-11,19H,1H3. The van der Waals surface area contributed by atoms with Gasteiger partial charge in [0.25, 0.3) is 10.0 Å². The van der Waals surface area contributed by atoms with E-state index < -0.39 is 10.0 Å². The molecule has 2 aromatic carbocycles. The number of sulfonamides is 1. The number of hydrogen-bond acceptors (Lipinski definition) is 3. The molecule has 23 heavy (non-hydrogen) atoms. The molecule has 118 valence electrons. The lowest BCUT2D eigenvalue weighted by atomic mass is 10.3. The van der Waals surface area contributed by atoms with Crippen LogP contribution in [0.4, 0.5) is 5.82 Å². The SMILES string of the molecule is Cc1cc(NS(=O)(=O)c2ccc(Br)cc2)n(-c2ccccc2)n1. The summed E-state index contributed by atoms with van der Waals surface area (Å²) < 4.78 is 30.1. The molecule has 0 aliphatic heterocycles. The van der Waals surface area contributed by atoms with E-state index in [-0.39, 0.29) is 4.90 Å². The maximum Gasteiger partial charge on any atom is 0.263 e. The highest BCUT2D eigenvalue weighted by Gasteiger charge is 2.17. The topological polar surface area (TPSA) is 64.0 Å². The average Bonchev–Trinajstić information content (AvgIpc) is 2.88. The van der Waals surface area contributed by atoms with Gasteiger partial charge in [0.2, 0.25) is 0 Å².